The van der Waals surface area contributed by atoms with Gasteiger partial charge in [-0.1, -0.05) is 10.4 Å². The number of hydrogen-bond donors (Lipinski definition) is 2. The lowest BCUT2D eigenvalue weighted by atomic mass is 10.4. The van der Waals surface area contributed by atoms with E-state index in [0.717, 1.165) is 5.69 Å². The van der Waals surface area contributed by atoms with E-state index < -0.39 is 0 Å². The summed E-state index contributed by atoms with van der Waals surface area (Å²) in [5, 5.41) is 14.2. The Labute approximate surface area is 119 Å². The normalized spacial score (nSPS) is 10.7. The highest BCUT2D eigenvalue weighted by Crippen LogP contribution is 2.00. The van der Waals surface area contributed by atoms with Gasteiger partial charge in [0.05, 0.1) is 12.7 Å². The molecule has 21 heavy (non-hydrogen) atoms. The minimum atomic E-state index is -0.292. The van der Waals surface area contributed by atoms with Crippen molar-refractivity contribution in [1.82, 2.24) is 35.4 Å². The standard InChI is InChI=1S/C12H13N7O2/c1-8-15-11(17-21-8)7-19-6-10(16-18-19)12(20)14-5-9-3-2-4-13-9/h2-4,6,13H,5,7H2,1H3,(H,14,20). The van der Waals surface area contributed by atoms with Crippen LogP contribution in [0.15, 0.2) is 29.0 Å². The highest BCUT2D eigenvalue weighted by Gasteiger charge is 2.12. The molecule has 0 spiro atoms. The third-order valence-corrected chi connectivity index (χ3v) is 2.75. The maximum absolute atomic E-state index is 11.9. The summed E-state index contributed by atoms with van der Waals surface area (Å²) in [6, 6.07) is 3.75. The van der Waals surface area contributed by atoms with Gasteiger partial charge in [-0.2, -0.15) is 4.98 Å². The lowest BCUT2D eigenvalue weighted by Gasteiger charge is -1.99. The molecule has 0 bridgehead atoms. The van der Waals surface area contributed by atoms with Crippen LogP contribution in [0, 0.1) is 6.92 Å². The Hall–Kier alpha value is -2.97. The van der Waals surface area contributed by atoms with Gasteiger partial charge < -0.3 is 14.8 Å². The smallest absolute Gasteiger partial charge is 0.273 e. The molecule has 0 unspecified atom stereocenters. The second kappa shape index (κ2) is 5.57. The van der Waals surface area contributed by atoms with Crippen molar-refractivity contribution in [2.45, 2.75) is 20.0 Å². The van der Waals surface area contributed by atoms with Gasteiger partial charge in [0.25, 0.3) is 5.91 Å². The lowest BCUT2D eigenvalue weighted by Crippen LogP contribution is -2.23. The summed E-state index contributed by atoms with van der Waals surface area (Å²) in [4.78, 5) is 19.0. The van der Waals surface area contributed by atoms with E-state index in [9.17, 15) is 4.79 Å². The van der Waals surface area contributed by atoms with Crippen molar-refractivity contribution in [2.24, 2.45) is 0 Å². The van der Waals surface area contributed by atoms with Crippen LogP contribution < -0.4 is 5.32 Å². The number of carbonyl (C=O) groups excluding carboxylic acids is 1. The molecule has 0 aliphatic rings. The fourth-order valence-corrected chi connectivity index (χ4v) is 1.77. The zero-order valence-corrected chi connectivity index (χ0v) is 11.3. The minimum absolute atomic E-state index is 0.238. The Morgan fingerprint density at radius 1 is 1.52 bits per heavy atom. The molecule has 9 nitrogen and oxygen atoms in total. The van der Waals surface area contributed by atoms with E-state index in [1.165, 1.54) is 10.9 Å². The van der Waals surface area contributed by atoms with Gasteiger partial charge in [0.2, 0.25) is 5.89 Å². The molecular weight excluding hydrogens is 274 g/mol. The zero-order valence-electron chi connectivity index (χ0n) is 11.3. The second-order valence-electron chi connectivity index (χ2n) is 4.41. The maximum atomic E-state index is 11.9. The topological polar surface area (TPSA) is 115 Å². The summed E-state index contributed by atoms with van der Waals surface area (Å²) in [5.41, 5.74) is 1.15. The van der Waals surface area contributed by atoms with E-state index in [1.807, 2.05) is 12.1 Å². The van der Waals surface area contributed by atoms with Gasteiger partial charge in [-0.25, -0.2) is 4.68 Å². The van der Waals surface area contributed by atoms with Crippen molar-refractivity contribution in [1.29, 1.82) is 0 Å². The van der Waals surface area contributed by atoms with Crippen molar-refractivity contribution >= 4 is 5.91 Å². The number of amides is 1. The summed E-state index contributed by atoms with van der Waals surface area (Å²) in [7, 11) is 0. The molecule has 0 fully saturated rings. The molecule has 2 N–H and O–H groups in total. The Morgan fingerprint density at radius 2 is 2.43 bits per heavy atom. The van der Waals surface area contributed by atoms with Crippen molar-refractivity contribution in [3.05, 3.63) is 47.6 Å². The third-order valence-electron chi connectivity index (χ3n) is 2.75. The van der Waals surface area contributed by atoms with Gasteiger partial charge in [-0.05, 0) is 12.1 Å². The van der Waals surface area contributed by atoms with E-state index >= 15 is 0 Å². The van der Waals surface area contributed by atoms with Gasteiger partial charge in [0.1, 0.15) is 6.54 Å². The van der Waals surface area contributed by atoms with Crippen LogP contribution in [0.1, 0.15) is 27.9 Å². The van der Waals surface area contributed by atoms with Gasteiger partial charge in [0.15, 0.2) is 11.5 Å². The van der Waals surface area contributed by atoms with E-state index in [0.29, 0.717) is 24.8 Å². The summed E-state index contributed by atoms with van der Waals surface area (Å²) in [6.07, 6.45) is 3.33. The SMILES string of the molecule is Cc1nc(Cn2cc(C(=O)NCc3ccc[nH]3)nn2)no1. The highest BCUT2D eigenvalue weighted by molar-refractivity contribution is 5.91. The average molecular weight is 287 g/mol. The molecule has 3 aromatic heterocycles. The first-order chi connectivity index (χ1) is 10.2. The minimum Gasteiger partial charge on any atom is -0.364 e. The molecule has 3 heterocycles. The molecule has 0 aliphatic carbocycles. The molecule has 0 aliphatic heterocycles. The average Bonchev–Trinajstić information content (AvgIpc) is 3.19. The Morgan fingerprint density at radius 3 is 3.14 bits per heavy atom. The quantitative estimate of drug-likeness (QED) is 0.696. The number of aromatic amines is 1. The van der Waals surface area contributed by atoms with Crippen LogP contribution in [0.2, 0.25) is 0 Å². The number of aryl methyl sites for hydroxylation is 1. The Kier molecular flexibility index (Phi) is 3.46. The van der Waals surface area contributed by atoms with E-state index in [4.69, 9.17) is 4.52 Å². The molecule has 0 radical (unpaired) electrons. The first kappa shape index (κ1) is 13.0. The lowest BCUT2D eigenvalue weighted by molar-refractivity contribution is 0.0945. The Bertz CT molecular complexity index is 728. The van der Waals surface area contributed by atoms with Gasteiger partial charge in [0, 0.05) is 18.8 Å². The summed E-state index contributed by atoms with van der Waals surface area (Å²) in [5.74, 6) is 0.671. The number of rotatable bonds is 5. The molecule has 3 aromatic rings. The molecule has 1 amide bonds. The zero-order chi connectivity index (χ0) is 14.7. The first-order valence-electron chi connectivity index (χ1n) is 6.30. The van der Waals surface area contributed by atoms with Crippen LogP contribution in [0.3, 0.4) is 0 Å². The predicted molar refractivity (Wildman–Crippen MR) is 70.1 cm³/mol. The molecule has 108 valence electrons. The largest absolute Gasteiger partial charge is 0.364 e. The highest BCUT2D eigenvalue weighted by atomic mass is 16.5. The van der Waals surface area contributed by atoms with Gasteiger partial charge in [-0.3, -0.25) is 4.79 Å². The van der Waals surface area contributed by atoms with E-state index in [1.54, 1.807) is 13.1 Å². The number of nitrogens with zero attached hydrogens (tertiary/aromatic N) is 5. The van der Waals surface area contributed by atoms with Gasteiger partial charge >= 0.3 is 0 Å². The maximum Gasteiger partial charge on any atom is 0.273 e. The van der Waals surface area contributed by atoms with Crippen molar-refractivity contribution < 1.29 is 9.32 Å². The summed E-state index contributed by atoms with van der Waals surface area (Å²) >= 11 is 0. The molecule has 3 rings (SSSR count). The number of carbonyl (C=O) groups is 1. The molecular formula is C12H13N7O2. The molecule has 0 aromatic carbocycles. The number of nitrogens with one attached hydrogen (secondary N) is 2. The van der Waals surface area contributed by atoms with Crippen LogP contribution >= 0.6 is 0 Å². The number of hydrogen-bond acceptors (Lipinski definition) is 6. The second-order valence-corrected chi connectivity index (χ2v) is 4.41. The van der Waals surface area contributed by atoms with Crippen molar-refractivity contribution in [3.63, 3.8) is 0 Å². The van der Waals surface area contributed by atoms with E-state index in [2.05, 4.69) is 30.8 Å². The van der Waals surface area contributed by atoms with Crippen LogP contribution in [-0.2, 0) is 13.1 Å². The molecule has 0 saturated heterocycles. The molecule has 9 heteroatoms. The van der Waals surface area contributed by atoms with E-state index in [-0.39, 0.29) is 11.6 Å². The van der Waals surface area contributed by atoms with Gasteiger partial charge in [-0.15, -0.1) is 5.10 Å². The van der Waals surface area contributed by atoms with Crippen LogP contribution in [0.4, 0.5) is 0 Å². The third kappa shape index (κ3) is 3.14. The summed E-state index contributed by atoms with van der Waals surface area (Å²) in [6.45, 7) is 2.41. The van der Waals surface area contributed by atoms with Crippen LogP contribution in [-0.4, -0.2) is 36.0 Å². The monoisotopic (exact) mass is 287 g/mol. The first-order valence-corrected chi connectivity index (χ1v) is 6.30. The Balaban J connectivity index is 1.60. The van der Waals surface area contributed by atoms with Crippen LogP contribution in [0.5, 0.6) is 0 Å². The fraction of sp³-hybridized carbons (Fsp3) is 0.250. The summed E-state index contributed by atoms with van der Waals surface area (Å²) < 4.78 is 6.35. The fourth-order valence-electron chi connectivity index (χ4n) is 1.77. The number of H-pyrrole nitrogens is 1. The van der Waals surface area contributed by atoms with Crippen molar-refractivity contribution in [2.75, 3.05) is 0 Å². The molecule has 0 atom stereocenters. The molecule has 0 saturated carbocycles. The van der Waals surface area contributed by atoms with Crippen LogP contribution in [0.25, 0.3) is 0 Å². The van der Waals surface area contributed by atoms with Crippen molar-refractivity contribution in [3.8, 4) is 0 Å². The predicted octanol–water partition coefficient (Wildman–Crippen LogP) is 0.276. The number of aromatic nitrogens is 6.